The van der Waals surface area contributed by atoms with Gasteiger partial charge in [-0.2, -0.15) is 0 Å². The van der Waals surface area contributed by atoms with E-state index < -0.39 is 6.43 Å². The smallest absolute Gasteiger partial charge is 0.282 e. The molecule has 2 aliphatic heterocycles. The number of carbonyl (C=O) groups excluding carboxylic acids is 1. The largest absolute Gasteiger partial charge is 0.487 e. The molecule has 1 N–H and O–H groups in total. The SMILES string of the molecule is Cl.Cn1nnc(COc2ccc(Cl)c3c2[C@@H](CN2CC4(CC4)CC2=O)NCC3)c1C(F)F. The number of aromatic nitrogens is 3. The quantitative estimate of drug-likeness (QED) is 0.673. The molecule has 7 nitrogen and oxygen atoms in total. The predicted molar refractivity (Wildman–Crippen MR) is 116 cm³/mol. The third-order valence-corrected chi connectivity index (χ3v) is 7.01. The highest BCUT2D eigenvalue weighted by Crippen LogP contribution is 2.53. The monoisotopic (exact) mass is 487 g/mol. The number of nitrogens with zero attached hydrogens (tertiary/aromatic N) is 4. The van der Waals surface area contributed by atoms with Crippen molar-refractivity contribution in [1.29, 1.82) is 0 Å². The van der Waals surface area contributed by atoms with E-state index in [4.69, 9.17) is 16.3 Å². The minimum atomic E-state index is -2.69. The minimum Gasteiger partial charge on any atom is -0.487 e. The van der Waals surface area contributed by atoms with Crippen molar-refractivity contribution < 1.29 is 18.3 Å². The van der Waals surface area contributed by atoms with Crippen LogP contribution in [0.15, 0.2) is 12.1 Å². The second kappa shape index (κ2) is 8.76. The zero-order chi connectivity index (χ0) is 21.8. The molecular formula is C21H25Cl2F2N5O2. The summed E-state index contributed by atoms with van der Waals surface area (Å²) in [5.74, 6) is 0.757. The molecule has 1 saturated heterocycles. The average Bonchev–Trinajstić information content (AvgIpc) is 3.26. The molecule has 5 rings (SSSR count). The number of carbonyl (C=O) groups is 1. The lowest BCUT2D eigenvalue weighted by Gasteiger charge is -2.32. The van der Waals surface area contributed by atoms with Crippen LogP contribution >= 0.6 is 24.0 Å². The molecule has 1 amide bonds. The highest BCUT2D eigenvalue weighted by Gasteiger charge is 2.52. The van der Waals surface area contributed by atoms with E-state index in [1.807, 2.05) is 4.90 Å². The molecule has 1 aromatic carbocycles. The van der Waals surface area contributed by atoms with Crippen molar-refractivity contribution in [3.63, 3.8) is 0 Å². The Balaban J connectivity index is 0.00000245. The number of nitrogens with one attached hydrogen (secondary N) is 1. The topological polar surface area (TPSA) is 72.3 Å². The summed E-state index contributed by atoms with van der Waals surface area (Å²) >= 11 is 6.48. The van der Waals surface area contributed by atoms with E-state index in [0.29, 0.717) is 23.7 Å². The van der Waals surface area contributed by atoms with Crippen molar-refractivity contribution in [3.8, 4) is 5.75 Å². The first kappa shape index (κ1) is 23.2. The minimum absolute atomic E-state index is 0. The van der Waals surface area contributed by atoms with E-state index in [2.05, 4.69) is 15.6 Å². The number of rotatable bonds is 6. The number of halogens is 4. The lowest BCUT2D eigenvalue weighted by Crippen LogP contribution is -2.40. The van der Waals surface area contributed by atoms with Gasteiger partial charge in [0.05, 0.1) is 6.04 Å². The third kappa shape index (κ3) is 4.18. The standard InChI is InChI=1S/C21H24ClF2N5O2.ClH/c1-28-19(20(23)24)15(26-27-28)10-31-16-3-2-13(22)12-4-7-25-14(18(12)16)9-29-11-21(5-6-21)8-17(29)30;/h2-3,14,20,25H,4-11H2,1H3;1H/t14-;/m1./s1. The molecule has 3 aliphatic rings. The molecule has 2 aromatic rings. The first-order valence-electron chi connectivity index (χ1n) is 10.5. The van der Waals surface area contributed by atoms with Crippen molar-refractivity contribution in [3.05, 3.63) is 39.7 Å². The fourth-order valence-electron chi connectivity index (χ4n) is 4.81. The van der Waals surface area contributed by atoms with Gasteiger partial charge >= 0.3 is 0 Å². The molecule has 3 heterocycles. The second-order valence-corrected chi connectivity index (χ2v) is 9.19. The Morgan fingerprint density at radius 1 is 1.38 bits per heavy atom. The van der Waals surface area contributed by atoms with Gasteiger partial charge in [0, 0.05) is 37.1 Å². The van der Waals surface area contributed by atoms with Crippen molar-refractivity contribution >= 4 is 29.9 Å². The van der Waals surface area contributed by atoms with Crippen LogP contribution in [0.2, 0.25) is 5.02 Å². The molecular weight excluding hydrogens is 463 g/mol. The van der Waals surface area contributed by atoms with Gasteiger partial charge in [0.25, 0.3) is 6.43 Å². The predicted octanol–water partition coefficient (Wildman–Crippen LogP) is 3.61. The van der Waals surface area contributed by atoms with Crippen LogP contribution in [-0.2, 0) is 24.9 Å². The van der Waals surface area contributed by atoms with Crippen LogP contribution in [0, 0.1) is 5.41 Å². The molecule has 2 fully saturated rings. The number of fused-ring (bicyclic) bond motifs is 1. The number of hydrogen-bond acceptors (Lipinski definition) is 5. The number of aryl methyl sites for hydroxylation is 1. The van der Waals surface area contributed by atoms with Gasteiger partial charge in [-0.1, -0.05) is 16.8 Å². The van der Waals surface area contributed by atoms with Crippen LogP contribution in [-0.4, -0.2) is 45.4 Å². The average molecular weight is 488 g/mol. The van der Waals surface area contributed by atoms with Crippen molar-refractivity contribution in [2.45, 2.75) is 44.8 Å². The molecule has 0 unspecified atom stereocenters. The Hall–Kier alpha value is -1.97. The van der Waals surface area contributed by atoms with Gasteiger partial charge in [0.1, 0.15) is 23.7 Å². The molecule has 32 heavy (non-hydrogen) atoms. The van der Waals surface area contributed by atoms with Gasteiger partial charge in [-0.3, -0.25) is 4.79 Å². The number of hydrogen-bond donors (Lipinski definition) is 1. The maximum Gasteiger partial charge on any atom is 0.282 e. The van der Waals surface area contributed by atoms with Crippen LogP contribution < -0.4 is 10.1 Å². The van der Waals surface area contributed by atoms with E-state index in [9.17, 15) is 13.6 Å². The Bertz CT molecular complexity index is 1030. The lowest BCUT2D eigenvalue weighted by molar-refractivity contribution is -0.128. The molecule has 1 aliphatic carbocycles. The molecule has 0 bridgehead atoms. The van der Waals surface area contributed by atoms with E-state index in [-0.39, 0.29) is 47.8 Å². The van der Waals surface area contributed by atoms with Crippen LogP contribution in [0.1, 0.15) is 54.2 Å². The summed E-state index contributed by atoms with van der Waals surface area (Å²) in [7, 11) is 1.43. The zero-order valence-corrected chi connectivity index (χ0v) is 19.2. The lowest BCUT2D eigenvalue weighted by atomic mass is 9.92. The molecule has 0 radical (unpaired) electrons. The Labute approximate surface area is 195 Å². The Morgan fingerprint density at radius 3 is 2.84 bits per heavy atom. The zero-order valence-electron chi connectivity index (χ0n) is 17.6. The van der Waals surface area contributed by atoms with Crippen LogP contribution in [0.3, 0.4) is 0 Å². The van der Waals surface area contributed by atoms with Crippen LogP contribution in [0.5, 0.6) is 5.75 Å². The molecule has 1 aromatic heterocycles. The van der Waals surface area contributed by atoms with Gasteiger partial charge < -0.3 is 15.0 Å². The molecule has 174 valence electrons. The molecule has 1 saturated carbocycles. The summed E-state index contributed by atoms with van der Waals surface area (Å²) in [5, 5.41) is 11.7. The summed E-state index contributed by atoms with van der Waals surface area (Å²) in [4.78, 5) is 14.5. The van der Waals surface area contributed by atoms with Crippen LogP contribution in [0.4, 0.5) is 8.78 Å². The normalized spacial score (nSPS) is 21.1. The molecule has 1 spiro atoms. The van der Waals surface area contributed by atoms with Crippen LogP contribution in [0.25, 0.3) is 0 Å². The number of benzene rings is 1. The summed E-state index contributed by atoms with van der Waals surface area (Å²) in [6.07, 6.45) is 0.911. The van der Waals surface area contributed by atoms with Crippen molar-refractivity contribution in [2.24, 2.45) is 12.5 Å². The third-order valence-electron chi connectivity index (χ3n) is 6.65. The van der Waals surface area contributed by atoms with Gasteiger partial charge in [-0.15, -0.1) is 17.5 Å². The van der Waals surface area contributed by atoms with Gasteiger partial charge in [0.2, 0.25) is 5.91 Å². The van der Waals surface area contributed by atoms with Crippen molar-refractivity contribution in [2.75, 3.05) is 19.6 Å². The first-order valence-corrected chi connectivity index (χ1v) is 10.9. The van der Waals surface area contributed by atoms with E-state index in [0.717, 1.165) is 48.2 Å². The van der Waals surface area contributed by atoms with Crippen molar-refractivity contribution in [1.82, 2.24) is 25.2 Å². The molecule has 11 heteroatoms. The van der Waals surface area contributed by atoms with Gasteiger partial charge in [0.15, 0.2) is 0 Å². The molecule has 1 atom stereocenters. The van der Waals surface area contributed by atoms with E-state index >= 15 is 0 Å². The number of amides is 1. The first-order chi connectivity index (χ1) is 14.9. The second-order valence-electron chi connectivity index (χ2n) is 8.78. The number of alkyl halides is 2. The number of likely N-dealkylation sites (tertiary alicyclic amines) is 1. The highest BCUT2D eigenvalue weighted by molar-refractivity contribution is 6.31. The maximum atomic E-state index is 13.3. The summed E-state index contributed by atoms with van der Waals surface area (Å²) < 4.78 is 33.7. The highest BCUT2D eigenvalue weighted by atomic mass is 35.5. The fraction of sp³-hybridized carbons (Fsp3) is 0.571. The maximum absolute atomic E-state index is 13.3. The van der Waals surface area contributed by atoms with E-state index in [1.165, 1.54) is 7.05 Å². The summed E-state index contributed by atoms with van der Waals surface area (Å²) in [6, 6.07) is 3.39. The van der Waals surface area contributed by atoms with Gasteiger partial charge in [-0.05, 0) is 48.9 Å². The number of ether oxygens (including phenoxy) is 1. The summed E-state index contributed by atoms with van der Waals surface area (Å²) in [5.41, 5.74) is 1.91. The summed E-state index contributed by atoms with van der Waals surface area (Å²) in [6.45, 7) is 1.96. The Kier molecular flexibility index (Phi) is 6.35. The Morgan fingerprint density at radius 2 is 2.16 bits per heavy atom. The fourth-order valence-corrected chi connectivity index (χ4v) is 5.07. The van der Waals surface area contributed by atoms with Gasteiger partial charge in [-0.25, -0.2) is 13.5 Å². The van der Waals surface area contributed by atoms with E-state index in [1.54, 1.807) is 12.1 Å².